The van der Waals surface area contributed by atoms with Crippen LogP contribution in [0.3, 0.4) is 0 Å². The van der Waals surface area contributed by atoms with Crippen molar-refractivity contribution >= 4 is 28.9 Å². The summed E-state index contributed by atoms with van der Waals surface area (Å²) in [5.41, 5.74) is 4.49. The van der Waals surface area contributed by atoms with Crippen LogP contribution in [-0.2, 0) is 0 Å². The largest absolute Gasteiger partial charge is 0.511 e. The van der Waals surface area contributed by atoms with Crippen LogP contribution in [0.5, 0.6) is 0 Å². The minimum absolute atomic E-state index is 0.545. The molecule has 2 aromatic carbocycles. The summed E-state index contributed by atoms with van der Waals surface area (Å²) in [7, 11) is 0. The SMILES string of the molecule is Cc1ccccc1N=NC(=NNc1ccc(Cl)cc1)[N+](=O)[O-]. The molecule has 0 unspecified atom stereocenters. The number of nitrogens with one attached hydrogen (secondary N) is 1. The van der Waals surface area contributed by atoms with Crippen molar-refractivity contribution in [2.24, 2.45) is 15.3 Å². The maximum atomic E-state index is 10.9. The van der Waals surface area contributed by atoms with Crippen LogP contribution >= 0.6 is 11.6 Å². The molecule has 0 spiro atoms. The van der Waals surface area contributed by atoms with Gasteiger partial charge in [0.2, 0.25) is 0 Å². The first kappa shape index (κ1) is 15.6. The first-order valence-electron chi connectivity index (χ1n) is 6.27. The van der Waals surface area contributed by atoms with Crippen LogP contribution < -0.4 is 5.43 Å². The van der Waals surface area contributed by atoms with Gasteiger partial charge < -0.3 is 10.1 Å². The second kappa shape index (κ2) is 7.28. The lowest BCUT2D eigenvalue weighted by molar-refractivity contribution is -0.352. The number of nitrogens with zero attached hydrogens (tertiary/aromatic N) is 4. The monoisotopic (exact) mass is 317 g/mol. The molecule has 2 rings (SSSR count). The van der Waals surface area contributed by atoms with Gasteiger partial charge in [-0.3, -0.25) is 0 Å². The van der Waals surface area contributed by atoms with Crippen LogP contribution in [0.2, 0.25) is 5.02 Å². The Balaban J connectivity index is 2.16. The number of hydrazone groups is 1. The number of azo groups is 1. The normalized spacial score (nSPS) is 11.6. The molecule has 0 aliphatic heterocycles. The highest BCUT2D eigenvalue weighted by Gasteiger charge is 2.12. The maximum Gasteiger partial charge on any atom is 0.511 e. The van der Waals surface area contributed by atoms with Gasteiger partial charge in [-0.1, -0.05) is 34.9 Å². The molecule has 0 heterocycles. The van der Waals surface area contributed by atoms with Crippen molar-refractivity contribution in [3.63, 3.8) is 0 Å². The fraction of sp³-hybridized carbons (Fsp3) is 0.0714. The van der Waals surface area contributed by atoms with E-state index in [9.17, 15) is 10.1 Å². The van der Waals surface area contributed by atoms with E-state index in [-0.39, 0.29) is 0 Å². The molecule has 0 saturated heterocycles. The number of benzene rings is 2. The van der Waals surface area contributed by atoms with Crippen LogP contribution in [0.25, 0.3) is 0 Å². The molecular weight excluding hydrogens is 306 g/mol. The average Bonchev–Trinajstić information content (AvgIpc) is 2.50. The van der Waals surface area contributed by atoms with Crippen molar-refractivity contribution < 1.29 is 4.92 Å². The minimum Gasteiger partial charge on any atom is -0.390 e. The van der Waals surface area contributed by atoms with Crippen LogP contribution in [-0.4, -0.2) is 10.9 Å². The second-order valence-corrected chi connectivity index (χ2v) is 4.71. The highest BCUT2D eigenvalue weighted by molar-refractivity contribution is 6.30. The van der Waals surface area contributed by atoms with Crippen molar-refractivity contribution in [3.8, 4) is 0 Å². The quantitative estimate of drug-likeness (QED) is 0.299. The highest BCUT2D eigenvalue weighted by Crippen LogP contribution is 2.17. The smallest absolute Gasteiger partial charge is 0.390 e. The average molecular weight is 318 g/mol. The molecule has 0 fully saturated rings. The van der Waals surface area contributed by atoms with Gasteiger partial charge in [0.1, 0.15) is 5.69 Å². The van der Waals surface area contributed by atoms with Gasteiger partial charge in [-0.25, -0.2) is 5.43 Å². The number of aryl methyl sites for hydroxylation is 1. The van der Waals surface area contributed by atoms with Gasteiger partial charge in [-0.15, -0.1) is 0 Å². The van der Waals surface area contributed by atoms with Crippen molar-refractivity contribution in [1.82, 2.24) is 0 Å². The molecule has 22 heavy (non-hydrogen) atoms. The molecule has 0 amide bonds. The molecule has 1 N–H and O–H groups in total. The van der Waals surface area contributed by atoms with E-state index in [1.165, 1.54) is 0 Å². The molecule has 0 radical (unpaired) electrons. The van der Waals surface area contributed by atoms with Gasteiger partial charge in [0.25, 0.3) is 0 Å². The van der Waals surface area contributed by atoms with Crippen molar-refractivity contribution in [2.45, 2.75) is 6.92 Å². The highest BCUT2D eigenvalue weighted by atomic mass is 35.5. The van der Waals surface area contributed by atoms with Gasteiger partial charge in [0.05, 0.1) is 10.8 Å². The molecule has 7 nitrogen and oxygen atoms in total. The molecule has 0 bridgehead atoms. The Kier molecular flexibility index (Phi) is 5.16. The molecule has 0 aromatic heterocycles. The van der Waals surface area contributed by atoms with E-state index < -0.39 is 10.9 Å². The Morgan fingerprint density at radius 3 is 2.50 bits per heavy atom. The summed E-state index contributed by atoms with van der Waals surface area (Å²) in [5, 5.41) is 22.6. The predicted octanol–water partition coefficient (Wildman–Crippen LogP) is 4.39. The Hall–Kier alpha value is -2.80. The zero-order chi connectivity index (χ0) is 15.9. The third-order valence-corrected chi connectivity index (χ3v) is 2.91. The van der Waals surface area contributed by atoms with E-state index >= 15 is 0 Å². The fourth-order valence-corrected chi connectivity index (χ4v) is 1.64. The van der Waals surface area contributed by atoms with Crippen LogP contribution in [0, 0.1) is 17.0 Å². The van der Waals surface area contributed by atoms with Gasteiger partial charge in [-0.2, -0.15) is 0 Å². The molecule has 0 aliphatic carbocycles. The Labute approximate surface area is 131 Å². The summed E-state index contributed by atoms with van der Waals surface area (Å²) in [4.78, 5) is 10.2. The molecule has 0 saturated carbocycles. The molecule has 8 heteroatoms. The minimum atomic E-state index is -0.718. The topological polar surface area (TPSA) is 92.2 Å². The molecule has 0 atom stereocenters. The number of hydrogen-bond acceptors (Lipinski definition) is 5. The number of guanidine groups is 1. The molecule has 2 aromatic rings. The zero-order valence-electron chi connectivity index (χ0n) is 11.6. The van der Waals surface area contributed by atoms with Crippen molar-refractivity contribution in [3.05, 3.63) is 69.2 Å². The summed E-state index contributed by atoms with van der Waals surface area (Å²) < 4.78 is 0. The number of nitro groups is 1. The van der Waals surface area contributed by atoms with Crippen LogP contribution in [0.1, 0.15) is 5.56 Å². The lowest BCUT2D eigenvalue weighted by Crippen LogP contribution is -2.10. The number of anilines is 1. The predicted molar refractivity (Wildman–Crippen MR) is 85.2 cm³/mol. The van der Waals surface area contributed by atoms with Crippen molar-refractivity contribution in [1.29, 1.82) is 0 Å². The lowest BCUT2D eigenvalue weighted by Gasteiger charge is -1.97. The van der Waals surface area contributed by atoms with Gasteiger partial charge in [0, 0.05) is 10.1 Å². The standard InChI is InChI=1S/C14H12ClN5O2/c1-10-4-2-3-5-13(10)17-19-14(20(21)22)18-16-12-8-6-11(15)7-9-12/h2-9,16H,1H3. The van der Waals surface area contributed by atoms with Gasteiger partial charge in [-0.05, 0) is 47.7 Å². The first-order chi connectivity index (χ1) is 10.6. The van der Waals surface area contributed by atoms with E-state index in [0.717, 1.165) is 5.56 Å². The Morgan fingerprint density at radius 2 is 1.86 bits per heavy atom. The zero-order valence-corrected chi connectivity index (χ0v) is 12.4. The summed E-state index contributed by atoms with van der Waals surface area (Å²) in [6, 6.07) is 13.7. The second-order valence-electron chi connectivity index (χ2n) is 4.27. The number of halogens is 1. The van der Waals surface area contributed by atoms with E-state index in [4.69, 9.17) is 11.6 Å². The van der Waals surface area contributed by atoms with E-state index in [1.54, 1.807) is 36.4 Å². The van der Waals surface area contributed by atoms with Gasteiger partial charge >= 0.3 is 5.96 Å². The van der Waals surface area contributed by atoms with Crippen LogP contribution in [0.15, 0.2) is 63.9 Å². The molecule has 112 valence electrons. The first-order valence-corrected chi connectivity index (χ1v) is 6.65. The van der Waals surface area contributed by atoms with E-state index in [1.807, 2.05) is 19.1 Å². The summed E-state index contributed by atoms with van der Waals surface area (Å²) in [5.74, 6) is -0.641. The molecular formula is C14H12ClN5O2. The Bertz CT molecular complexity index is 728. The number of rotatable bonds is 3. The Morgan fingerprint density at radius 1 is 1.18 bits per heavy atom. The third kappa shape index (κ3) is 4.35. The lowest BCUT2D eigenvalue weighted by atomic mass is 10.2. The van der Waals surface area contributed by atoms with Crippen molar-refractivity contribution in [2.75, 3.05) is 5.43 Å². The third-order valence-electron chi connectivity index (χ3n) is 2.66. The fourth-order valence-electron chi connectivity index (χ4n) is 1.51. The summed E-state index contributed by atoms with van der Waals surface area (Å²) in [6.45, 7) is 1.84. The number of hydrogen-bond donors (Lipinski definition) is 1. The maximum absolute atomic E-state index is 10.9. The van der Waals surface area contributed by atoms with E-state index in [0.29, 0.717) is 16.4 Å². The van der Waals surface area contributed by atoms with Crippen LogP contribution in [0.4, 0.5) is 11.4 Å². The van der Waals surface area contributed by atoms with E-state index in [2.05, 4.69) is 20.8 Å². The van der Waals surface area contributed by atoms with Gasteiger partial charge in [0.15, 0.2) is 0 Å². The summed E-state index contributed by atoms with van der Waals surface area (Å²) in [6.07, 6.45) is 0. The summed E-state index contributed by atoms with van der Waals surface area (Å²) >= 11 is 5.75. The molecule has 0 aliphatic rings.